The van der Waals surface area contributed by atoms with E-state index in [-0.39, 0.29) is 19.1 Å². The van der Waals surface area contributed by atoms with Crippen LogP contribution in [0.25, 0.3) is 11.4 Å². The van der Waals surface area contributed by atoms with E-state index in [2.05, 4.69) is 26.1 Å². The van der Waals surface area contributed by atoms with Crippen molar-refractivity contribution in [2.24, 2.45) is 0 Å². The first-order valence-electron chi connectivity index (χ1n) is 8.20. The Bertz CT molecular complexity index is 850. The Hall–Kier alpha value is -2.67. The first kappa shape index (κ1) is 18.1. The molecule has 0 saturated carbocycles. The van der Waals surface area contributed by atoms with Gasteiger partial charge in [0.15, 0.2) is 6.61 Å². The normalized spacial score (nSPS) is 10.5. The summed E-state index contributed by atoms with van der Waals surface area (Å²) in [5.74, 6) is 1.40. The third-order valence-electron chi connectivity index (χ3n) is 3.74. The van der Waals surface area contributed by atoms with Gasteiger partial charge in [-0.3, -0.25) is 4.79 Å². The summed E-state index contributed by atoms with van der Waals surface area (Å²) in [7, 11) is 0. The Labute approximate surface area is 159 Å². The molecule has 3 aromatic rings. The summed E-state index contributed by atoms with van der Waals surface area (Å²) >= 11 is 3.36. The number of carbonyl (C=O) groups is 1. The molecule has 1 aromatic heterocycles. The Morgan fingerprint density at radius 3 is 2.58 bits per heavy atom. The average Bonchev–Trinajstić information content (AvgIpc) is 3.15. The Balaban J connectivity index is 1.59. The van der Waals surface area contributed by atoms with Gasteiger partial charge in [-0.2, -0.15) is 4.98 Å². The summed E-state index contributed by atoms with van der Waals surface area (Å²) in [6.45, 7) is 2.62. The number of rotatable bonds is 7. The Morgan fingerprint density at radius 2 is 1.88 bits per heavy atom. The molecule has 0 atom stereocenters. The summed E-state index contributed by atoms with van der Waals surface area (Å²) in [5.41, 5.74) is 0.871. The van der Waals surface area contributed by atoms with Crippen molar-refractivity contribution in [2.75, 3.05) is 13.2 Å². The number of amides is 1. The van der Waals surface area contributed by atoms with Crippen LogP contribution in [0.2, 0.25) is 0 Å². The molecule has 0 radical (unpaired) electrons. The quantitative estimate of drug-likeness (QED) is 0.584. The number of likely N-dealkylation sites (N-methyl/N-ethyl adjacent to an activating group) is 1. The minimum atomic E-state index is -0.144. The molecule has 1 amide bonds. The first-order chi connectivity index (χ1) is 12.7. The van der Waals surface area contributed by atoms with E-state index in [1.165, 1.54) is 0 Å². The standard InChI is InChI=1S/C19H18BrN3O3/c1-2-23(18(24)13-25-16-10-8-15(20)9-11-16)12-17-21-19(22-26-17)14-6-4-3-5-7-14/h3-11H,2,12-13H2,1H3. The molecular weight excluding hydrogens is 398 g/mol. The van der Waals surface area contributed by atoms with E-state index < -0.39 is 0 Å². The van der Waals surface area contributed by atoms with E-state index >= 15 is 0 Å². The third kappa shape index (κ3) is 4.70. The molecule has 26 heavy (non-hydrogen) atoms. The molecule has 0 aliphatic heterocycles. The van der Waals surface area contributed by atoms with Crippen LogP contribution in [0, 0.1) is 0 Å². The second-order valence-corrected chi connectivity index (χ2v) is 6.44. The zero-order chi connectivity index (χ0) is 18.4. The molecule has 0 aliphatic rings. The van der Waals surface area contributed by atoms with Gasteiger partial charge >= 0.3 is 0 Å². The van der Waals surface area contributed by atoms with E-state index in [0.29, 0.717) is 24.0 Å². The van der Waals surface area contributed by atoms with Crippen LogP contribution in [-0.2, 0) is 11.3 Å². The van der Waals surface area contributed by atoms with Crippen molar-refractivity contribution in [1.29, 1.82) is 0 Å². The summed E-state index contributed by atoms with van der Waals surface area (Å²) in [6.07, 6.45) is 0. The molecule has 0 unspecified atom stereocenters. The van der Waals surface area contributed by atoms with Crippen molar-refractivity contribution in [3.05, 3.63) is 65.0 Å². The molecular formula is C19H18BrN3O3. The van der Waals surface area contributed by atoms with E-state index in [0.717, 1.165) is 10.0 Å². The van der Waals surface area contributed by atoms with Gasteiger partial charge in [-0.05, 0) is 31.2 Å². The maximum absolute atomic E-state index is 12.4. The molecule has 0 N–H and O–H groups in total. The lowest BCUT2D eigenvalue weighted by Crippen LogP contribution is -2.34. The molecule has 0 aliphatic carbocycles. The molecule has 0 fully saturated rings. The predicted octanol–water partition coefficient (Wildman–Crippen LogP) is 3.93. The van der Waals surface area contributed by atoms with E-state index in [9.17, 15) is 4.79 Å². The highest BCUT2D eigenvalue weighted by atomic mass is 79.9. The number of benzene rings is 2. The van der Waals surface area contributed by atoms with Gasteiger partial charge in [-0.25, -0.2) is 0 Å². The minimum absolute atomic E-state index is 0.0465. The van der Waals surface area contributed by atoms with E-state index in [4.69, 9.17) is 9.26 Å². The monoisotopic (exact) mass is 415 g/mol. The van der Waals surface area contributed by atoms with Crippen molar-refractivity contribution < 1.29 is 14.1 Å². The van der Waals surface area contributed by atoms with Crippen LogP contribution in [0.1, 0.15) is 12.8 Å². The van der Waals surface area contributed by atoms with Crippen molar-refractivity contribution in [2.45, 2.75) is 13.5 Å². The van der Waals surface area contributed by atoms with Gasteiger partial charge in [0.25, 0.3) is 5.91 Å². The highest BCUT2D eigenvalue weighted by Gasteiger charge is 2.17. The van der Waals surface area contributed by atoms with Crippen LogP contribution >= 0.6 is 15.9 Å². The van der Waals surface area contributed by atoms with Gasteiger partial charge < -0.3 is 14.2 Å². The van der Waals surface area contributed by atoms with E-state index in [1.54, 1.807) is 17.0 Å². The second kappa shape index (κ2) is 8.62. The lowest BCUT2D eigenvalue weighted by atomic mass is 10.2. The Morgan fingerprint density at radius 1 is 1.15 bits per heavy atom. The fourth-order valence-corrected chi connectivity index (χ4v) is 2.59. The van der Waals surface area contributed by atoms with Gasteiger partial charge in [-0.15, -0.1) is 0 Å². The van der Waals surface area contributed by atoms with Gasteiger partial charge in [-0.1, -0.05) is 51.4 Å². The first-order valence-corrected chi connectivity index (χ1v) is 8.99. The number of hydrogen-bond acceptors (Lipinski definition) is 5. The molecule has 0 saturated heterocycles. The molecule has 6 nitrogen and oxygen atoms in total. The smallest absolute Gasteiger partial charge is 0.260 e. The van der Waals surface area contributed by atoms with Gasteiger partial charge in [0.1, 0.15) is 12.3 Å². The molecule has 1 heterocycles. The average molecular weight is 416 g/mol. The zero-order valence-corrected chi connectivity index (χ0v) is 15.8. The van der Waals surface area contributed by atoms with Crippen molar-refractivity contribution >= 4 is 21.8 Å². The van der Waals surface area contributed by atoms with Crippen LogP contribution < -0.4 is 4.74 Å². The summed E-state index contributed by atoms with van der Waals surface area (Å²) in [6, 6.07) is 16.9. The Kier molecular flexibility index (Phi) is 6.01. The summed E-state index contributed by atoms with van der Waals surface area (Å²) in [5, 5.41) is 3.98. The van der Waals surface area contributed by atoms with Gasteiger partial charge in [0, 0.05) is 16.6 Å². The highest BCUT2D eigenvalue weighted by Crippen LogP contribution is 2.17. The SMILES string of the molecule is CCN(Cc1nc(-c2ccccc2)no1)C(=O)COc1ccc(Br)cc1. The second-order valence-electron chi connectivity index (χ2n) is 5.53. The fourth-order valence-electron chi connectivity index (χ4n) is 2.33. The van der Waals surface area contributed by atoms with Crippen LogP contribution in [0.15, 0.2) is 63.6 Å². The molecule has 0 spiro atoms. The lowest BCUT2D eigenvalue weighted by molar-refractivity contribution is -0.134. The van der Waals surface area contributed by atoms with Crippen LogP contribution in [0.4, 0.5) is 0 Å². The number of halogens is 1. The molecule has 2 aromatic carbocycles. The largest absolute Gasteiger partial charge is 0.484 e. The van der Waals surface area contributed by atoms with Gasteiger partial charge in [0.2, 0.25) is 11.7 Å². The molecule has 134 valence electrons. The number of ether oxygens (including phenoxy) is 1. The van der Waals surface area contributed by atoms with Gasteiger partial charge in [0.05, 0.1) is 0 Å². The van der Waals surface area contributed by atoms with Crippen molar-refractivity contribution in [3.8, 4) is 17.1 Å². The fraction of sp³-hybridized carbons (Fsp3) is 0.211. The number of aromatic nitrogens is 2. The minimum Gasteiger partial charge on any atom is -0.484 e. The predicted molar refractivity (Wildman–Crippen MR) is 100 cm³/mol. The topological polar surface area (TPSA) is 68.5 Å². The molecule has 7 heteroatoms. The molecule has 0 bridgehead atoms. The maximum Gasteiger partial charge on any atom is 0.260 e. The number of nitrogens with zero attached hydrogens (tertiary/aromatic N) is 3. The maximum atomic E-state index is 12.4. The van der Waals surface area contributed by atoms with Crippen molar-refractivity contribution in [1.82, 2.24) is 15.0 Å². The van der Waals surface area contributed by atoms with Crippen LogP contribution in [0.3, 0.4) is 0 Å². The highest BCUT2D eigenvalue weighted by molar-refractivity contribution is 9.10. The van der Waals surface area contributed by atoms with E-state index in [1.807, 2.05) is 49.4 Å². The van der Waals surface area contributed by atoms with Crippen molar-refractivity contribution in [3.63, 3.8) is 0 Å². The zero-order valence-electron chi connectivity index (χ0n) is 14.3. The number of carbonyl (C=O) groups excluding carboxylic acids is 1. The summed E-state index contributed by atoms with van der Waals surface area (Å²) < 4.78 is 11.8. The third-order valence-corrected chi connectivity index (χ3v) is 4.27. The number of hydrogen-bond donors (Lipinski definition) is 0. The summed E-state index contributed by atoms with van der Waals surface area (Å²) in [4.78, 5) is 18.4. The van der Waals surface area contributed by atoms with Crippen LogP contribution in [0.5, 0.6) is 5.75 Å². The van der Waals surface area contributed by atoms with Crippen LogP contribution in [-0.4, -0.2) is 34.1 Å². The lowest BCUT2D eigenvalue weighted by Gasteiger charge is -2.18. The molecule has 3 rings (SSSR count).